The fourth-order valence-electron chi connectivity index (χ4n) is 2.10. The van der Waals surface area contributed by atoms with Crippen molar-refractivity contribution in [1.29, 1.82) is 0 Å². The maximum atomic E-state index is 12.6. The molecule has 0 fully saturated rings. The molecule has 1 N–H and O–H groups in total. The van der Waals surface area contributed by atoms with E-state index in [0.717, 1.165) is 12.1 Å². The summed E-state index contributed by atoms with van der Waals surface area (Å²) in [5.74, 6) is 0. The van der Waals surface area contributed by atoms with Gasteiger partial charge in [0.2, 0.25) is 0 Å². The van der Waals surface area contributed by atoms with Crippen LogP contribution in [-0.2, 0) is 6.18 Å². The number of halogens is 3. The summed E-state index contributed by atoms with van der Waals surface area (Å²) in [6, 6.07) is 9.84. The number of hydrogen-bond donors (Lipinski definition) is 1. The lowest BCUT2D eigenvalue weighted by Crippen LogP contribution is -2.08. The Balaban J connectivity index is 0.000000774. The van der Waals surface area contributed by atoms with E-state index in [-0.39, 0.29) is 16.3 Å². The van der Waals surface area contributed by atoms with E-state index >= 15 is 0 Å². The van der Waals surface area contributed by atoms with Crippen LogP contribution >= 0.6 is 0 Å². The van der Waals surface area contributed by atoms with E-state index in [0.29, 0.717) is 10.9 Å². The van der Waals surface area contributed by atoms with Crippen LogP contribution in [0.4, 0.5) is 13.2 Å². The Kier molecular flexibility index (Phi) is 4.02. The fraction of sp³-hybridized carbons (Fsp3) is 0.188. The number of hydrogen-bond acceptors (Lipinski definition) is 1. The number of H-pyrrole nitrogens is 1. The molecular weight excluding hydrogens is 279 g/mol. The average Bonchev–Trinajstić information content (AvgIpc) is 2.48. The van der Waals surface area contributed by atoms with Crippen LogP contribution in [0.3, 0.4) is 0 Å². The zero-order valence-corrected chi connectivity index (χ0v) is 11.6. The summed E-state index contributed by atoms with van der Waals surface area (Å²) in [6.45, 7) is 4.00. The summed E-state index contributed by atoms with van der Waals surface area (Å²) in [5, 5.41) is 0.724. The molecule has 5 heteroatoms. The Morgan fingerprint density at radius 2 is 1.52 bits per heavy atom. The van der Waals surface area contributed by atoms with Gasteiger partial charge in [-0.1, -0.05) is 26.0 Å². The molecule has 0 unspecified atom stereocenters. The minimum Gasteiger partial charge on any atom is -0.354 e. The van der Waals surface area contributed by atoms with Gasteiger partial charge in [-0.2, -0.15) is 13.2 Å². The second-order valence-corrected chi connectivity index (χ2v) is 4.26. The predicted octanol–water partition coefficient (Wildman–Crippen LogP) is 4.73. The molecular formula is C16H14F3NO. The van der Waals surface area contributed by atoms with Crippen molar-refractivity contribution >= 4 is 21.8 Å². The van der Waals surface area contributed by atoms with Gasteiger partial charge in [0.25, 0.3) is 0 Å². The second kappa shape index (κ2) is 5.60. The number of rotatable bonds is 0. The number of fused-ring (bicyclic) bond motifs is 2. The summed E-state index contributed by atoms with van der Waals surface area (Å²) < 4.78 is 37.9. The minimum atomic E-state index is -4.42. The quantitative estimate of drug-likeness (QED) is 0.597. The standard InChI is InChI=1S/C14H8F3NO.C2H6/c15-14(16,17)8-5-6-10-12(7-8)18-11-4-2-1-3-9(11)13(10)19;1-2/h1-7H,(H,18,19);1-2H3. The van der Waals surface area contributed by atoms with Crippen LogP contribution in [0.2, 0.25) is 0 Å². The Bertz CT molecular complexity index is 834. The van der Waals surface area contributed by atoms with E-state index in [1.165, 1.54) is 6.07 Å². The van der Waals surface area contributed by atoms with E-state index in [4.69, 9.17) is 0 Å². The number of aromatic nitrogens is 1. The molecule has 0 aliphatic carbocycles. The summed E-state index contributed by atoms with van der Waals surface area (Å²) in [6.07, 6.45) is -4.42. The molecule has 3 aromatic rings. The van der Waals surface area contributed by atoms with E-state index in [2.05, 4.69) is 4.98 Å². The first kappa shape index (κ1) is 15.1. The van der Waals surface area contributed by atoms with Crippen molar-refractivity contribution in [3.05, 3.63) is 58.3 Å². The smallest absolute Gasteiger partial charge is 0.354 e. The van der Waals surface area contributed by atoms with Gasteiger partial charge in [-0.3, -0.25) is 4.79 Å². The van der Waals surface area contributed by atoms with Gasteiger partial charge in [-0.05, 0) is 30.3 Å². The molecule has 0 radical (unpaired) electrons. The Morgan fingerprint density at radius 3 is 2.19 bits per heavy atom. The molecule has 2 aromatic carbocycles. The third-order valence-corrected chi connectivity index (χ3v) is 3.03. The number of para-hydroxylation sites is 1. The number of alkyl halides is 3. The van der Waals surface area contributed by atoms with Gasteiger partial charge in [0, 0.05) is 16.3 Å². The lowest BCUT2D eigenvalue weighted by molar-refractivity contribution is -0.137. The highest BCUT2D eigenvalue weighted by Gasteiger charge is 2.30. The lowest BCUT2D eigenvalue weighted by Gasteiger charge is -2.08. The molecule has 3 rings (SSSR count). The zero-order valence-electron chi connectivity index (χ0n) is 11.6. The van der Waals surface area contributed by atoms with Crippen molar-refractivity contribution in [2.75, 3.05) is 0 Å². The van der Waals surface area contributed by atoms with Crippen LogP contribution in [0, 0.1) is 0 Å². The van der Waals surface area contributed by atoms with Gasteiger partial charge >= 0.3 is 6.18 Å². The molecule has 1 aromatic heterocycles. The van der Waals surface area contributed by atoms with E-state index in [9.17, 15) is 18.0 Å². The third kappa shape index (κ3) is 2.77. The summed E-state index contributed by atoms with van der Waals surface area (Å²) in [7, 11) is 0. The Labute approximate surface area is 119 Å². The number of nitrogens with one attached hydrogen (secondary N) is 1. The summed E-state index contributed by atoms with van der Waals surface area (Å²) in [5.41, 5.74) is -0.318. The Hall–Kier alpha value is -2.30. The van der Waals surface area contributed by atoms with Crippen LogP contribution < -0.4 is 5.43 Å². The van der Waals surface area contributed by atoms with Crippen molar-refractivity contribution < 1.29 is 13.2 Å². The van der Waals surface area contributed by atoms with Crippen LogP contribution in [0.1, 0.15) is 19.4 Å². The normalized spacial score (nSPS) is 11.3. The monoisotopic (exact) mass is 293 g/mol. The number of pyridine rings is 1. The van der Waals surface area contributed by atoms with Gasteiger partial charge in [0.1, 0.15) is 0 Å². The molecule has 2 nitrogen and oxygen atoms in total. The highest BCUT2D eigenvalue weighted by atomic mass is 19.4. The first-order chi connectivity index (χ1) is 9.97. The van der Waals surface area contributed by atoms with Gasteiger partial charge in [-0.25, -0.2) is 0 Å². The predicted molar refractivity (Wildman–Crippen MR) is 78.4 cm³/mol. The van der Waals surface area contributed by atoms with Crippen molar-refractivity contribution in [3.8, 4) is 0 Å². The van der Waals surface area contributed by atoms with Crippen molar-refractivity contribution in [3.63, 3.8) is 0 Å². The van der Waals surface area contributed by atoms with E-state index < -0.39 is 11.7 Å². The van der Waals surface area contributed by atoms with Crippen molar-refractivity contribution in [1.82, 2.24) is 4.98 Å². The summed E-state index contributed by atoms with van der Waals surface area (Å²) >= 11 is 0. The molecule has 0 spiro atoms. The number of benzene rings is 2. The lowest BCUT2D eigenvalue weighted by atomic mass is 10.1. The van der Waals surface area contributed by atoms with Gasteiger partial charge in [0.15, 0.2) is 5.43 Å². The molecule has 0 aliphatic rings. The molecule has 0 aliphatic heterocycles. The van der Waals surface area contributed by atoms with Crippen LogP contribution in [-0.4, -0.2) is 4.98 Å². The van der Waals surface area contributed by atoms with E-state index in [1.807, 2.05) is 13.8 Å². The zero-order chi connectivity index (χ0) is 15.6. The molecule has 110 valence electrons. The third-order valence-electron chi connectivity index (χ3n) is 3.03. The van der Waals surface area contributed by atoms with Crippen LogP contribution in [0.15, 0.2) is 47.3 Å². The SMILES string of the molecule is CC.O=c1c2ccccc2[nH]c2cc(C(F)(F)F)ccc12. The van der Waals surface area contributed by atoms with Crippen LogP contribution in [0.5, 0.6) is 0 Å². The molecule has 0 saturated carbocycles. The van der Waals surface area contributed by atoms with E-state index in [1.54, 1.807) is 24.3 Å². The maximum Gasteiger partial charge on any atom is 0.416 e. The minimum absolute atomic E-state index is 0.193. The molecule has 0 amide bonds. The molecule has 1 heterocycles. The molecule has 0 saturated heterocycles. The van der Waals surface area contributed by atoms with Gasteiger partial charge in [-0.15, -0.1) is 0 Å². The first-order valence-corrected chi connectivity index (χ1v) is 6.59. The average molecular weight is 293 g/mol. The topological polar surface area (TPSA) is 32.9 Å². The molecule has 0 atom stereocenters. The van der Waals surface area contributed by atoms with Gasteiger partial charge < -0.3 is 4.98 Å². The number of aromatic amines is 1. The highest BCUT2D eigenvalue weighted by Crippen LogP contribution is 2.30. The highest BCUT2D eigenvalue weighted by molar-refractivity contribution is 5.92. The molecule has 21 heavy (non-hydrogen) atoms. The fourth-order valence-corrected chi connectivity index (χ4v) is 2.10. The largest absolute Gasteiger partial charge is 0.416 e. The Morgan fingerprint density at radius 1 is 0.905 bits per heavy atom. The first-order valence-electron chi connectivity index (χ1n) is 6.59. The van der Waals surface area contributed by atoms with Crippen molar-refractivity contribution in [2.24, 2.45) is 0 Å². The second-order valence-electron chi connectivity index (χ2n) is 4.26. The van der Waals surface area contributed by atoms with Crippen molar-refractivity contribution in [2.45, 2.75) is 20.0 Å². The maximum absolute atomic E-state index is 12.6. The molecule has 0 bridgehead atoms. The van der Waals surface area contributed by atoms with Gasteiger partial charge in [0.05, 0.1) is 11.1 Å². The van der Waals surface area contributed by atoms with Crippen LogP contribution in [0.25, 0.3) is 21.8 Å². The summed E-state index contributed by atoms with van der Waals surface area (Å²) in [4.78, 5) is 15.0.